The van der Waals surface area contributed by atoms with E-state index < -0.39 is 17.4 Å². The second kappa shape index (κ2) is 10.00. The highest BCUT2D eigenvalue weighted by Gasteiger charge is 2.65. The van der Waals surface area contributed by atoms with Crippen molar-refractivity contribution >= 4 is 40.6 Å². The predicted molar refractivity (Wildman–Crippen MR) is 148 cm³/mol. The molecular formula is C30H36Cl2N2O3. The maximum atomic E-state index is 14.2. The highest BCUT2D eigenvalue weighted by atomic mass is 35.5. The van der Waals surface area contributed by atoms with Gasteiger partial charge in [-0.05, 0) is 78.8 Å². The first-order valence-electron chi connectivity index (χ1n) is 13.3. The molecule has 2 fully saturated rings. The van der Waals surface area contributed by atoms with Crippen molar-refractivity contribution in [3.63, 3.8) is 0 Å². The lowest BCUT2D eigenvalue weighted by atomic mass is 9.62. The van der Waals surface area contributed by atoms with Crippen molar-refractivity contribution in [2.75, 3.05) is 5.32 Å². The van der Waals surface area contributed by atoms with Gasteiger partial charge in [0.05, 0.1) is 12.1 Å². The molecule has 1 spiro atoms. The molecule has 3 N–H and O–H groups in total. The third kappa shape index (κ3) is 4.96. The third-order valence-corrected chi connectivity index (χ3v) is 8.95. The Morgan fingerprint density at radius 1 is 1.05 bits per heavy atom. The largest absolute Gasteiger partial charge is 0.393 e. The Bertz CT molecular complexity index is 1200. The first-order valence-corrected chi connectivity index (χ1v) is 14.1. The van der Waals surface area contributed by atoms with Gasteiger partial charge in [0.15, 0.2) is 5.78 Å². The summed E-state index contributed by atoms with van der Waals surface area (Å²) in [5.41, 5.74) is 1.40. The van der Waals surface area contributed by atoms with Crippen LogP contribution in [0.5, 0.6) is 0 Å². The average molecular weight is 544 g/mol. The Kier molecular flexibility index (Phi) is 7.21. The van der Waals surface area contributed by atoms with Crippen LogP contribution in [0.2, 0.25) is 10.0 Å². The summed E-state index contributed by atoms with van der Waals surface area (Å²) >= 11 is 12.8. The summed E-state index contributed by atoms with van der Waals surface area (Å²) in [5.74, 6) is -0.161. The van der Waals surface area contributed by atoms with E-state index in [9.17, 15) is 14.7 Å². The number of aliphatic hydroxyl groups excluding tert-OH is 1. The van der Waals surface area contributed by atoms with Crippen LogP contribution in [0, 0.1) is 11.3 Å². The number of hydrogen-bond acceptors (Lipinski definition) is 4. The standard InChI is InChI=1S/C30H36Cl2N2O3/c1-29(2,3)16-25-30(22-12-9-20(32)15-23(22)33-28(30)37)26(18-5-4-6-19(31)14-18)27(34-25)24(36)13-17-7-10-21(35)11-8-17/h4-6,9,12,14-15,17,21,25-27,34-35H,7-8,10-11,13,16H2,1-3H3,(H,33,37)/t17?,21?,25-,26+,27+,30+/m1/s1. The fraction of sp³-hybridized carbons (Fsp3) is 0.533. The van der Waals surface area contributed by atoms with Gasteiger partial charge in [-0.2, -0.15) is 0 Å². The molecule has 0 radical (unpaired) electrons. The summed E-state index contributed by atoms with van der Waals surface area (Å²) in [6.45, 7) is 6.48. The maximum Gasteiger partial charge on any atom is 0.237 e. The number of amides is 1. The molecule has 2 aliphatic heterocycles. The van der Waals surface area contributed by atoms with E-state index in [1.54, 1.807) is 6.07 Å². The van der Waals surface area contributed by atoms with Gasteiger partial charge in [0, 0.05) is 34.1 Å². The van der Waals surface area contributed by atoms with Gasteiger partial charge < -0.3 is 15.7 Å². The number of nitrogens with one attached hydrogen (secondary N) is 2. The number of benzene rings is 2. The highest BCUT2D eigenvalue weighted by Crippen LogP contribution is 2.57. The molecule has 1 amide bonds. The Labute approximate surface area is 229 Å². The van der Waals surface area contributed by atoms with Crippen LogP contribution in [-0.4, -0.2) is 35.0 Å². The van der Waals surface area contributed by atoms with Gasteiger partial charge in [-0.25, -0.2) is 0 Å². The van der Waals surface area contributed by atoms with Crippen molar-refractivity contribution < 1.29 is 14.7 Å². The van der Waals surface area contributed by atoms with E-state index in [0.29, 0.717) is 28.6 Å². The van der Waals surface area contributed by atoms with E-state index in [1.165, 1.54) is 0 Å². The summed E-state index contributed by atoms with van der Waals surface area (Å²) < 4.78 is 0. The van der Waals surface area contributed by atoms with Gasteiger partial charge in [-0.15, -0.1) is 0 Å². The van der Waals surface area contributed by atoms with Gasteiger partial charge in [0.2, 0.25) is 5.91 Å². The normalized spacial score (nSPS) is 31.4. The molecule has 5 nitrogen and oxygen atoms in total. The lowest BCUT2D eigenvalue weighted by Crippen LogP contribution is -2.49. The van der Waals surface area contributed by atoms with Crippen LogP contribution < -0.4 is 10.6 Å². The number of Topliss-reactive ketones (excluding diaryl/α,β-unsaturated/α-hetero) is 1. The number of hydrogen-bond donors (Lipinski definition) is 3. The van der Waals surface area contributed by atoms with E-state index in [2.05, 4.69) is 31.4 Å². The van der Waals surface area contributed by atoms with Crippen molar-refractivity contribution in [3.8, 4) is 0 Å². The second-order valence-corrected chi connectivity index (χ2v) is 13.2. The second-order valence-electron chi connectivity index (χ2n) is 12.4. The number of ketones is 1. The summed E-state index contributed by atoms with van der Waals surface area (Å²) in [6.07, 6.45) is 4.05. The quantitative estimate of drug-likeness (QED) is 0.417. The number of rotatable bonds is 5. The molecule has 2 aromatic rings. The topological polar surface area (TPSA) is 78.4 Å². The van der Waals surface area contributed by atoms with Crippen LogP contribution in [0.1, 0.15) is 76.3 Å². The molecule has 5 rings (SSSR count). The number of halogens is 2. The smallest absolute Gasteiger partial charge is 0.237 e. The zero-order chi connectivity index (χ0) is 26.5. The first kappa shape index (κ1) is 26.7. The number of carbonyl (C=O) groups excluding carboxylic acids is 2. The van der Waals surface area contributed by atoms with E-state index in [4.69, 9.17) is 23.2 Å². The van der Waals surface area contributed by atoms with Gasteiger partial charge >= 0.3 is 0 Å². The van der Waals surface area contributed by atoms with Gasteiger partial charge in [0.25, 0.3) is 0 Å². The van der Waals surface area contributed by atoms with Crippen LogP contribution >= 0.6 is 23.2 Å². The minimum Gasteiger partial charge on any atom is -0.393 e. The fourth-order valence-corrected chi connectivity index (χ4v) is 7.31. The number of anilines is 1. The van der Waals surface area contributed by atoms with E-state index in [1.807, 2.05) is 36.4 Å². The van der Waals surface area contributed by atoms with Crippen molar-refractivity contribution in [2.24, 2.45) is 11.3 Å². The van der Waals surface area contributed by atoms with Crippen LogP contribution in [0.15, 0.2) is 42.5 Å². The zero-order valence-corrected chi connectivity index (χ0v) is 23.2. The maximum absolute atomic E-state index is 14.2. The molecule has 198 valence electrons. The number of fused-ring (bicyclic) bond motifs is 2. The Morgan fingerprint density at radius 2 is 1.76 bits per heavy atom. The molecule has 7 heteroatoms. The molecule has 37 heavy (non-hydrogen) atoms. The Hall–Kier alpha value is -1.92. The Balaban J connectivity index is 1.64. The monoisotopic (exact) mass is 542 g/mol. The zero-order valence-electron chi connectivity index (χ0n) is 21.7. The van der Waals surface area contributed by atoms with E-state index >= 15 is 0 Å². The molecule has 2 aromatic carbocycles. The molecule has 1 saturated carbocycles. The summed E-state index contributed by atoms with van der Waals surface area (Å²) in [4.78, 5) is 28.2. The first-order chi connectivity index (χ1) is 17.5. The van der Waals surface area contributed by atoms with Crippen molar-refractivity contribution in [2.45, 2.75) is 88.8 Å². The van der Waals surface area contributed by atoms with Crippen molar-refractivity contribution in [1.29, 1.82) is 0 Å². The van der Waals surface area contributed by atoms with Crippen LogP contribution in [0.4, 0.5) is 5.69 Å². The highest BCUT2D eigenvalue weighted by molar-refractivity contribution is 6.31. The fourth-order valence-electron chi connectivity index (χ4n) is 6.93. The van der Waals surface area contributed by atoms with Gasteiger partial charge in [0.1, 0.15) is 5.41 Å². The van der Waals surface area contributed by atoms with Crippen LogP contribution in [0.3, 0.4) is 0 Å². The number of carbonyl (C=O) groups is 2. The van der Waals surface area contributed by atoms with Crippen LogP contribution in [0.25, 0.3) is 0 Å². The average Bonchev–Trinajstić information content (AvgIpc) is 3.29. The summed E-state index contributed by atoms with van der Waals surface area (Å²) in [6, 6.07) is 12.4. The van der Waals surface area contributed by atoms with E-state index in [0.717, 1.165) is 36.8 Å². The van der Waals surface area contributed by atoms with Crippen LogP contribution in [-0.2, 0) is 15.0 Å². The molecule has 1 saturated heterocycles. The molecule has 2 heterocycles. The lowest BCUT2D eigenvalue weighted by molar-refractivity contribution is -0.123. The molecule has 1 aliphatic carbocycles. The molecule has 0 unspecified atom stereocenters. The minimum absolute atomic E-state index is 0.0869. The molecule has 3 aliphatic rings. The third-order valence-electron chi connectivity index (χ3n) is 8.48. The van der Waals surface area contributed by atoms with E-state index in [-0.39, 0.29) is 35.2 Å². The summed E-state index contributed by atoms with van der Waals surface area (Å²) in [5, 5.41) is 17.9. The molecular weight excluding hydrogens is 507 g/mol. The van der Waals surface area contributed by atoms with Crippen molar-refractivity contribution in [3.05, 3.63) is 63.6 Å². The summed E-state index contributed by atoms with van der Waals surface area (Å²) in [7, 11) is 0. The Morgan fingerprint density at radius 3 is 2.43 bits per heavy atom. The SMILES string of the molecule is CC(C)(C)C[C@H]1N[C@@H](C(=O)CC2CCC(O)CC2)[C@H](c2cccc(Cl)c2)[C@@]12C(=O)Nc1cc(Cl)ccc12. The van der Waals surface area contributed by atoms with Gasteiger partial charge in [-0.3, -0.25) is 9.59 Å². The van der Waals surface area contributed by atoms with Crippen molar-refractivity contribution in [1.82, 2.24) is 5.32 Å². The minimum atomic E-state index is -0.985. The molecule has 0 aromatic heterocycles. The molecule has 0 bridgehead atoms. The molecule has 4 atom stereocenters. The number of aliphatic hydroxyl groups is 1. The lowest BCUT2D eigenvalue weighted by Gasteiger charge is -2.37. The predicted octanol–water partition coefficient (Wildman–Crippen LogP) is 6.25. The van der Waals surface area contributed by atoms with Gasteiger partial charge in [-0.1, -0.05) is 62.2 Å².